The number of anilines is 3. The maximum atomic E-state index is 13.1. The quantitative estimate of drug-likeness (QED) is 0.816. The Hall–Kier alpha value is -2.89. The molecule has 6 heteroatoms. The highest BCUT2D eigenvalue weighted by atomic mass is 19.1. The SMILES string of the molecule is CCN(CC)c1ccc(NC(=O)C(=O)Nc2cccc(F)c2)c(C)c1. The van der Waals surface area contributed by atoms with Gasteiger partial charge in [0.15, 0.2) is 0 Å². The minimum atomic E-state index is -0.849. The van der Waals surface area contributed by atoms with Crippen LogP contribution in [0.5, 0.6) is 0 Å². The number of amides is 2. The van der Waals surface area contributed by atoms with Crippen LogP contribution in [0.4, 0.5) is 21.5 Å². The van der Waals surface area contributed by atoms with Crippen molar-refractivity contribution in [2.24, 2.45) is 0 Å². The number of carbonyl (C=O) groups excluding carboxylic acids is 2. The molecule has 2 rings (SSSR count). The first-order valence-electron chi connectivity index (χ1n) is 8.18. The normalized spacial score (nSPS) is 10.2. The maximum absolute atomic E-state index is 13.1. The molecule has 0 aromatic heterocycles. The lowest BCUT2D eigenvalue weighted by molar-refractivity contribution is -0.133. The van der Waals surface area contributed by atoms with Crippen molar-refractivity contribution >= 4 is 28.9 Å². The van der Waals surface area contributed by atoms with Gasteiger partial charge in [-0.25, -0.2) is 4.39 Å². The van der Waals surface area contributed by atoms with Gasteiger partial charge >= 0.3 is 11.8 Å². The van der Waals surface area contributed by atoms with Crippen molar-refractivity contribution in [1.29, 1.82) is 0 Å². The van der Waals surface area contributed by atoms with Gasteiger partial charge in [0.25, 0.3) is 0 Å². The summed E-state index contributed by atoms with van der Waals surface area (Å²) >= 11 is 0. The van der Waals surface area contributed by atoms with E-state index in [2.05, 4.69) is 29.4 Å². The van der Waals surface area contributed by atoms with Crippen LogP contribution in [0.3, 0.4) is 0 Å². The van der Waals surface area contributed by atoms with E-state index in [1.54, 1.807) is 6.07 Å². The van der Waals surface area contributed by atoms with Gasteiger partial charge in [0.05, 0.1) is 0 Å². The van der Waals surface area contributed by atoms with Gasteiger partial charge in [-0.2, -0.15) is 0 Å². The number of benzene rings is 2. The fraction of sp³-hybridized carbons (Fsp3) is 0.263. The van der Waals surface area contributed by atoms with Crippen LogP contribution in [0.15, 0.2) is 42.5 Å². The van der Waals surface area contributed by atoms with Crippen LogP contribution >= 0.6 is 0 Å². The molecule has 2 N–H and O–H groups in total. The van der Waals surface area contributed by atoms with E-state index in [9.17, 15) is 14.0 Å². The third-order valence-corrected chi connectivity index (χ3v) is 3.88. The summed E-state index contributed by atoms with van der Waals surface area (Å²) in [5.41, 5.74) is 2.71. The molecule has 5 nitrogen and oxygen atoms in total. The zero-order valence-corrected chi connectivity index (χ0v) is 14.6. The van der Waals surface area contributed by atoms with E-state index in [0.29, 0.717) is 5.69 Å². The van der Waals surface area contributed by atoms with Crippen LogP contribution in [0, 0.1) is 12.7 Å². The van der Waals surface area contributed by atoms with Crippen molar-refractivity contribution in [1.82, 2.24) is 0 Å². The highest BCUT2D eigenvalue weighted by Gasteiger charge is 2.15. The van der Waals surface area contributed by atoms with Gasteiger partial charge in [-0.1, -0.05) is 6.07 Å². The molecule has 2 aromatic rings. The molecule has 0 saturated carbocycles. The Balaban J connectivity index is 2.05. The second kappa shape index (κ2) is 8.28. The fourth-order valence-corrected chi connectivity index (χ4v) is 2.51. The summed E-state index contributed by atoms with van der Waals surface area (Å²) < 4.78 is 13.1. The Bertz CT molecular complexity index is 773. The average molecular weight is 343 g/mol. The molecule has 2 aromatic carbocycles. The van der Waals surface area contributed by atoms with Crippen LogP contribution in [0.1, 0.15) is 19.4 Å². The van der Waals surface area contributed by atoms with Gasteiger partial charge < -0.3 is 15.5 Å². The highest BCUT2D eigenvalue weighted by Crippen LogP contribution is 2.22. The van der Waals surface area contributed by atoms with Crippen molar-refractivity contribution in [3.8, 4) is 0 Å². The lowest BCUT2D eigenvalue weighted by Crippen LogP contribution is -2.29. The number of hydrogen-bond donors (Lipinski definition) is 2. The number of hydrogen-bond acceptors (Lipinski definition) is 3. The second-order valence-electron chi connectivity index (χ2n) is 5.59. The summed E-state index contributed by atoms with van der Waals surface area (Å²) in [6.07, 6.45) is 0. The van der Waals surface area contributed by atoms with Gasteiger partial charge in [0, 0.05) is 30.2 Å². The van der Waals surface area contributed by atoms with E-state index >= 15 is 0 Å². The largest absolute Gasteiger partial charge is 0.372 e. The lowest BCUT2D eigenvalue weighted by atomic mass is 10.1. The molecule has 132 valence electrons. The van der Waals surface area contributed by atoms with E-state index in [1.165, 1.54) is 18.2 Å². The molecule has 0 bridgehead atoms. The van der Waals surface area contributed by atoms with Crippen molar-refractivity contribution < 1.29 is 14.0 Å². The Morgan fingerprint density at radius 2 is 1.68 bits per heavy atom. The Kier molecular flexibility index (Phi) is 6.11. The number of carbonyl (C=O) groups is 2. The molecule has 0 spiro atoms. The van der Waals surface area contributed by atoms with E-state index in [1.807, 2.05) is 19.1 Å². The van der Waals surface area contributed by atoms with Crippen molar-refractivity contribution in [3.63, 3.8) is 0 Å². The molecular weight excluding hydrogens is 321 g/mol. The topological polar surface area (TPSA) is 61.4 Å². The monoisotopic (exact) mass is 343 g/mol. The molecular formula is C19H22FN3O2. The van der Waals surface area contributed by atoms with Gasteiger partial charge in [0.2, 0.25) is 0 Å². The fourth-order valence-electron chi connectivity index (χ4n) is 2.51. The molecule has 0 radical (unpaired) electrons. The van der Waals surface area contributed by atoms with E-state index in [4.69, 9.17) is 0 Å². The van der Waals surface area contributed by atoms with Crippen LogP contribution in [0.25, 0.3) is 0 Å². The van der Waals surface area contributed by atoms with E-state index in [-0.39, 0.29) is 5.69 Å². The summed E-state index contributed by atoms with van der Waals surface area (Å²) in [5, 5.41) is 4.95. The predicted molar refractivity (Wildman–Crippen MR) is 98.4 cm³/mol. The first kappa shape index (κ1) is 18.4. The number of halogens is 1. The summed E-state index contributed by atoms with van der Waals surface area (Å²) in [6.45, 7) is 7.79. The molecule has 0 unspecified atom stereocenters. The number of nitrogens with zero attached hydrogens (tertiary/aromatic N) is 1. The number of rotatable bonds is 5. The smallest absolute Gasteiger partial charge is 0.314 e. The van der Waals surface area contributed by atoms with Gasteiger partial charge in [-0.15, -0.1) is 0 Å². The summed E-state index contributed by atoms with van der Waals surface area (Å²) in [4.78, 5) is 26.2. The average Bonchev–Trinajstić information content (AvgIpc) is 2.58. The zero-order valence-electron chi connectivity index (χ0n) is 14.6. The van der Waals surface area contributed by atoms with Gasteiger partial charge in [-0.05, 0) is 62.7 Å². The minimum absolute atomic E-state index is 0.230. The molecule has 0 aliphatic carbocycles. The van der Waals surface area contributed by atoms with Crippen molar-refractivity contribution in [3.05, 3.63) is 53.8 Å². The van der Waals surface area contributed by atoms with Crippen LogP contribution in [-0.2, 0) is 9.59 Å². The minimum Gasteiger partial charge on any atom is -0.372 e. The van der Waals surface area contributed by atoms with E-state index in [0.717, 1.165) is 30.4 Å². The van der Waals surface area contributed by atoms with Crippen LogP contribution < -0.4 is 15.5 Å². The Morgan fingerprint density at radius 3 is 2.28 bits per heavy atom. The zero-order chi connectivity index (χ0) is 18.4. The van der Waals surface area contributed by atoms with Gasteiger partial charge in [-0.3, -0.25) is 9.59 Å². The third kappa shape index (κ3) is 4.79. The number of aryl methyl sites for hydroxylation is 1. The second-order valence-corrected chi connectivity index (χ2v) is 5.59. The molecule has 0 heterocycles. The van der Waals surface area contributed by atoms with Crippen LogP contribution in [0.2, 0.25) is 0 Å². The first-order valence-corrected chi connectivity index (χ1v) is 8.18. The number of nitrogens with one attached hydrogen (secondary N) is 2. The molecule has 0 aliphatic heterocycles. The first-order chi connectivity index (χ1) is 11.9. The molecule has 0 fully saturated rings. The van der Waals surface area contributed by atoms with Crippen LogP contribution in [-0.4, -0.2) is 24.9 Å². The van der Waals surface area contributed by atoms with Crippen molar-refractivity contribution in [2.75, 3.05) is 28.6 Å². The predicted octanol–water partition coefficient (Wildman–Crippen LogP) is 3.56. The third-order valence-electron chi connectivity index (χ3n) is 3.88. The Labute approximate surface area is 146 Å². The lowest BCUT2D eigenvalue weighted by Gasteiger charge is -2.22. The molecule has 0 saturated heterocycles. The summed E-state index contributed by atoms with van der Waals surface area (Å²) in [7, 11) is 0. The summed E-state index contributed by atoms with van der Waals surface area (Å²) in [5.74, 6) is -2.14. The van der Waals surface area contributed by atoms with Gasteiger partial charge in [0.1, 0.15) is 5.82 Å². The Morgan fingerprint density at radius 1 is 1.00 bits per heavy atom. The molecule has 0 aliphatic rings. The standard InChI is InChI=1S/C19H22FN3O2/c1-4-23(5-2)16-9-10-17(13(3)11-16)22-19(25)18(24)21-15-8-6-7-14(20)12-15/h6-12H,4-5H2,1-3H3,(H,21,24)(H,22,25). The maximum Gasteiger partial charge on any atom is 0.314 e. The molecule has 0 atom stereocenters. The molecule has 2 amide bonds. The van der Waals surface area contributed by atoms with E-state index < -0.39 is 17.6 Å². The molecule has 25 heavy (non-hydrogen) atoms. The highest BCUT2D eigenvalue weighted by molar-refractivity contribution is 6.43. The van der Waals surface area contributed by atoms with Crippen molar-refractivity contribution in [2.45, 2.75) is 20.8 Å². The summed E-state index contributed by atoms with van der Waals surface area (Å²) in [6, 6.07) is 11.0.